The third-order valence-electron chi connectivity index (χ3n) is 5.13. The summed E-state index contributed by atoms with van der Waals surface area (Å²) in [4.78, 5) is 21.6. The third kappa shape index (κ3) is 9.35. The predicted octanol–water partition coefficient (Wildman–Crippen LogP) is 5.05. The van der Waals surface area contributed by atoms with Crippen LogP contribution in [-0.4, -0.2) is 50.8 Å². The van der Waals surface area contributed by atoms with Gasteiger partial charge in [0.2, 0.25) is 0 Å². The van der Waals surface area contributed by atoms with E-state index in [-0.39, 0.29) is 5.92 Å². The van der Waals surface area contributed by atoms with Crippen molar-refractivity contribution in [1.29, 1.82) is 0 Å². The number of aromatic hydroxyl groups is 1. The summed E-state index contributed by atoms with van der Waals surface area (Å²) in [5, 5.41) is 26.1. The zero-order valence-electron chi connectivity index (χ0n) is 19.5. The van der Waals surface area contributed by atoms with E-state index in [1.165, 1.54) is 11.1 Å². The van der Waals surface area contributed by atoms with Crippen LogP contribution in [0.2, 0.25) is 0 Å². The molecule has 1 atom stereocenters. The highest BCUT2D eigenvalue weighted by Crippen LogP contribution is 2.35. The molecule has 0 bridgehead atoms. The molecule has 0 aromatic heterocycles. The van der Waals surface area contributed by atoms with Gasteiger partial charge in [-0.2, -0.15) is 0 Å². The number of rotatable bonds is 9. The van der Waals surface area contributed by atoms with E-state index < -0.39 is 11.9 Å². The maximum absolute atomic E-state index is 10.4. The van der Waals surface area contributed by atoms with E-state index in [0.29, 0.717) is 30.0 Å². The molecule has 174 valence electrons. The normalized spacial score (nSPS) is 12.1. The first-order chi connectivity index (χ1) is 15.0. The lowest BCUT2D eigenvalue weighted by atomic mass is 9.87. The van der Waals surface area contributed by atoms with Crippen molar-refractivity contribution < 1.29 is 24.9 Å². The van der Waals surface area contributed by atoms with E-state index in [1.807, 2.05) is 18.2 Å². The molecule has 6 nitrogen and oxygen atoms in total. The second-order valence-corrected chi connectivity index (χ2v) is 8.25. The van der Waals surface area contributed by atoms with Crippen molar-refractivity contribution in [1.82, 2.24) is 4.90 Å². The summed E-state index contributed by atoms with van der Waals surface area (Å²) in [7, 11) is 0. The highest BCUT2D eigenvalue weighted by atomic mass is 16.4. The van der Waals surface area contributed by atoms with Crippen LogP contribution in [0.1, 0.15) is 56.7 Å². The van der Waals surface area contributed by atoms with Crippen LogP contribution in [0.3, 0.4) is 0 Å². The van der Waals surface area contributed by atoms with Crippen molar-refractivity contribution >= 4 is 11.9 Å². The Morgan fingerprint density at radius 1 is 0.906 bits per heavy atom. The fourth-order valence-corrected chi connectivity index (χ4v) is 3.67. The third-order valence-corrected chi connectivity index (χ3v) is 5.13. The number of aryl methyl sites for hydroxylation is 1. The van der Waals surface area contributed by atoms with E-state index in [0.717, 1.165) is 18.5 Å². The molecule has 2 aromatic carbocycles. The molecule has 3 N–H and O–H groups in total. The van der Waals surface area contributed by atoms with Gasteiger partial charge in [-0.15, -0.1) is 0 Å². The first kappa shape index (κ1) is 26.9. The fourth-order valence-electron chi connectivity index (χ4n) is 3.67. The van der Waals surface area contributed by atoms with Crippen LogP contribution >= 0.6 is 0 Å². The molecule has 0 unspecified atom stereocenters. The molecule has 0 spiro atoms. The van der Waals surface area contributed by atoms with E-state index in [1.54, 1.807) is 0 Å². The Morgan fingerprint density at radius 3 is 1.91 bits per heavy atom. The smallest absolute Gasteiger partial charge is 0.328 e. The van der Waals surface area contributed by atoms with Gasteiger partial charge in [-0.1, -0.05) is 48.0 Å². The van der Waals surface area contributed by atoms with Crippen molar-refractivity contribution in [3.05, 3.63) is 77.4 Å². The topological polar surface area (TPSA) is 98.1 Å². The molecular weight excluding hydrogens is 406 g/mol. The van der Waals surface area contributed by atoms with Crippen LogP contribution in [-0.2, 0) is 9.59 Å². The average molecular weight is 442 g/mol. The van der Waals surface area contributed by atoms with Crippen LogP contribution in [0.4, 0.5) is 0 Å². The molecule has 6 heteroatoms. The fraction of sp³-hybridized carbons (Fsp3) is 0.385. The minimum absolute atomic E-state index is 0.214. The quantitative estimate of drug-likeness (QED) is 0.471. The average Bonchev–Trinajstić information content (AvgIpc) is 2.72. The van der Waals surface area contributed by atoms with Crippen LogP contribution in [0.15, 0.2) is 60.7 Å². The van der Waals surface area contributed by atoms with Gasteiger partial charge in [-0.25, -0.2) is 9.59 Å². The van der Waals surface area contributed by atoms with Crippen molar-refractivity contribution in [2.75, 3.05) is 6.54 Å². The van der Waals surface area contributed by atoms with Crippen molar-refractivity contribution in [3.8, 4) is 5.75 Å². The van der Waals surface area contributed by atoms with E-state index >= 15 is 0 Å². The van der Waals surface area contributed by atoms with Crippen LogP contribution < -0.4 is 0 Å². The first-order valence-corrected chi connectivity index (χ1v) is 10.8. The van der Waals surface area contributed by atoms with Gasteiger partial charge >= 0.3 is 11.9 Å². The standard InChI is InChI=1S/C22H31NO.C4H4O4/c1-16(2)23(17(3)4)14-13-20(19-9-7-6-8-10-19)21-15-18(5)11-12-22(21)24;5-3(6)1-2-4(7)8/h6-12,15-17,20,24H,13-14H2,1-5H3;1-2H,(H,5,6)(H,7,8)/b;2-1+/t20-;/m1./s1. The molecule has 0 aliphatic heterocycles. The summed E-state index contributed by atoms with van der Waals surface area (Å²) in [6, 6.07) is 17.5. The van der Waals surface area contributed by atoms with Gasteiger partial charge in [-0.05, 0) is 59.2 Å². The highest BCUT2D eigenvalue weighted by Gasteiger charge is 2.21. The number of hydrogen-bond acceptors (Lipinski definition) is 4. The Kier molecular flexibility index (Phi) is 11.2. The van der Waals surface area contributed by atoms with Gasteiger partial charge in [-0.3, -0.25) is 4.90 Å². The maximum atomic E-state index is 10.4. The molecule has 32 heavy (non-hydrogen) atoms. The summed E-state index contributed by atoms with van der Waals surface area (Å²) >= 11 is 0. The summed E-state index contributed by atoms with van der Waals surface area (Å²) in [5.74, 6) is -1.90. The lowest BCUT2D eigenvalue weighted by Gasteiger charge is -2.32. The van der Waals surface area contributed by atoms with Gasteiger partial charge in [0.05, 0.1) is 0 Å². The summed E-state index contributed by atoms with van der Waals surface area (Å²) in [6.45, 7) is 12.1. The largest absolute Gasteiger partial charge is 0.508 e. The van der Waals surface area contributed by atoms with Gasteiger partial charge in [0.15, 0.2) is 0 Å². The second-order valence-electron chi connectivity index (χ2n) is 8.25. The second kappa shape index (κ2) is 13.3. The zero-order chi connectivity index (χ0) is 24.3. The molecule has 2 rings (SSSR count). The number of nitrogens with zero attached hydrogens (tertiary/aromatic N) is 1. The molecule has 0 saturated carbocycles. The molecular formula is C26H35NO5. The SMILES string of the molecule is Cc1ccc(O)c([C@H](CCN(C(C)C)C(C)C)c2ccccc2)c1.O=C(O)/C=C/C(=O)O. The van der Waals surface area contributed by atoms with Crippen LogP contribution in [0.25, 0.3) is 0 Å². The van der Waals surface area contributed by atoms with Gasteiger partial charge < -0.3 is 15.3 Å². The molecule has 0 aliphatic rings. The number of benzene rings is 2. The van der Waals surface area contributed by atoms with Crippen molar-refractivity contribution in [2.24, 2.45) is 0 Å². The summed E-state index contributed by atoms with van der Waals surface area (Å²) in [6.07, 6.45) is 2.11. The van der Waals surface area contributed by atoms with Crippen molar-refractivity contribution in [2.45, 2.75) is 59.0 Å². The minimum Gasteiger partial charge on any atom is -0.508 e. The van der Waals surface area contributed by atoms with E-state index in [4.69, 9.17) is 10.2 Å². The number of aliphatic carboxylic acids is 2. The number of carboxylic acids is 2. The molecule has 0 amide bonds. The lowest BCUT2D eigenvalue weighted by Crippen LogP contribution is -2.38. The number of phenolic OH excluding ortho intramolecular Hbond substituents is 1. The Bertz CT molecular complexity index is 866. The molecule has 0 aliphatic carbocycles. The van der Waals surface area contributed by atoms with Gasteiger partial charge in [0, 0.05) is 35.7 Å². The maximum Gasteiger partial charge on any atom is 0.328 e. The summed E-state index contributed by atoms with van der Waals surface area (Å²) < 4.78 is 0. The highest BCUT2D eigenvalue weighted by molar-refractivity contribution is 5.89. The monoisotopic (exact) mass is 441 g/mol. The Morgan fingerprint density at radius 2 is 1.44 bits per heavy atom. The molecule has 0 fully saturated rings. The molecule has 0 radical (unpaired) electrons. The van der Waals surface area contributed by atoms with Crippen molar-refractivity contribution in [3.63, 3.8) is 0 Å². The predicted molar refractivity (Wildman–Crippen MR) is 127 cm³/mol. The number of phenols is 1. The van der Waals surface area contributed by atoms with Gasteiger partial charge in [0.25, 0.3) is 0 Å². The Hall–Kier alpha value is -3.12. The molecule has 2 aromatic rings. The summed E-state index contributed by atoms with van der Waals surface area (Å²) in [5.41, 5.74) is 3.49. The number of hydrogen-bond donors (Lipinski definition) is 3. The Labute approximate surface area is 190 Å². The van der Waals surface area contributed by atoms with Gasteiger partial charge in [0.1, 0.15) is 5.75 Å². The molecule has 0 heterocycles. The van der Waals surface area contributed by atoms with Crippen LogP contribution in [0, 0.1) is 6.92 Å². The van der Waals surface area contributed by atoms with Crippen LogP contribution in [0.5, 0.6) is 5.75 Å². The minimum atomic E-state index is -1.26. The Balaban J connectivity index is 0.000000547. The zero-order valence-corrected chi connectivity index (χ0v) is 19.5. The van der Waals surface area contributed by atoms with E-state index in [9.17, 15) is 14.7 Å². The first-order valence-electron chi connectivity index (χ1n) is 10.8. The number of carbonyl (C=O) groups is 2. The van der Waals surface area contributed by atoms with E-state index in [2.05, 4.69) is 69.9 Å². The lowest BCUT2D eigenvalue weighted by molar-refractivity contribution is -0.134. The molecule has 0 saturated heterocycles. The number of carboxylic acid groups (broad SMARTS) is 2.